The lowest BCUT2D eigenvalue weighted by Gasteiger charge is -2.01. The van der Waals surface area contributed by atoms with Gasteiger partial charge in [0.2, 0.25) is 0 Å². The lowest BCUT2D eigenvalue weighted by molar-refractivity contribution is -0.143. The van der Waals surface area contributed by atoms with Gasteiger partial charge in [0, 0.05) is 6.42 Å². The molecule has 0 aromatic rings. The molecule has 0 aliphatic heterocycles. The predicted molar refractivity (Wildman–Crippen MR) is 37.5 cm³/mol. The molecule has 1 N–H and O–H groups in total. The summed E-state index contributed by atoms with van der Waals surface area (Å²) in [5.74, 6) is -0.373. The van der Waals surface area contributed by atoms with Gasteiger partial charge in [-0.1, -0.05) is 0 Å². The van der Waals surface area contributed by atoms with Crippen LogP contribution in [-0.2, 0) is 9.53 Å². The Kier molecular flexibility index (Phi) is 5.13. The Morgan fingerprint density at radius 1 is 1.82 bits per heavy atom. The van der Waals surface area contributed by atoms with Crippen molar-refractivity contribution < 1.29 is 14.6 Å². The first kappa shape index (κ1) is 9.92. The van der Waals surface area contributed by atoms with E-state index in [-0.39, 0.29) is 18.8 Å². The second-order valence-corrected chi connectivity index (χ2v) is 1.99. The second-order valence-electron chi connectivity index (χ2n) is 1.99. The maximum absolute atomic E-state index is 10.6. The Balaban J connectivity index is 3.39. The van der Waals surface area contributed by atoms with Crippen LogP contribution < -0.4 is 0 Å². The van der Waals surface area contributed by atoms with E-state index in [4.69, 9.17) is 10.4 Å². The van der Waals surface area contributed by atoms with E-state index in [1.165, 1.54) is 0 Å². The monoisotopic (exact) mass is 157 g/mol. The first-order valence-electron chi connectivity index (χ1n) is 3.44. The van der Waals surface area contributed by atoms with Crippen molar-refractivity contribution in [2.75, 3.05) is 6.61 Å². The van der Waals surface area contributed by atoms with Crippen molar-refractivity contribution in [2.45, 2.75) is 25.9 Å². The minimum Gasteiger partial charge on any atom is -0.466 e. The minimum absolute atomic E-state index is 0.0998. The number of carbonyl (C=O) groups excluding carboxylic acids is 1. The first-order chi connectivity index (χ1) is 5.20. The summed E-state index contributed by atoms with van der Waals surface area (Å²) in [6, 6.07) is 1.61. The van der Waals surface area contributed by atoms with Crippen molar-refractivity contribution in [3.8, 4) is 6.07 Å². The SMILES string of the molecule is CCOC(=O)CCC(O)C#N. The molecule has 0 aromatic heterocycles. The third-order valence-corrected chi connectivity index (χ3v) is 1.08. The number of hydrogen-bond donors (Lipinski definition) is 1. The molecule has 0 aliphatic rings. The van der Waals surface area contributed by atoms with Gasteiger partial charge in [-0.3, -0.25) is 4.79 Å². The number of carbonyl (C=O) groups is 1. The lowest BCUT2D eigenvalue weighted by atomic mass is 10.2. The zero-order valence-electron chi connectivity index (χ0n) is 6.41. The quantitative estimate of drug-likeness (QED) is 0.468. The number of nitrogens with zero attached hydrogens (tertiary/aromatic N) is 1. The fourth-order valence-electron chi connectivity index (χ4n) is 0.552. The Bertz CT molecular complexity index is 162. The molecule has 62 valence electrons. The van der Waals surface area contributed by atoms with Crippen LogP contribution in [0.3, 0.4) is 0 Å². The fraction of sp³-hybridized carbons (Fsp3) is 0.714. The van der Waals surface area contributed by atoms with Crippen LogP contribution in [0.4, 0.5) is 0 Å². The molecule has 0 aromatic carbocycles. The molecule has 1 unspecified atom stereocenters. The highest BCUT2D eigenvalue weighted by Crippen LogP contribution is 1.97. The minimum atomic E-state index is -1.06. The third-order valence-electron chi connectivity index (χ3n) is 1.08. The van der Waals surface area contributed by atoms with E-state index in [1.54, 1.807) is 13.0 Å². The summed E-state index contributed by atoms with van der Waals surface area (Å²) in [5, 5.41) is 16.8. The van der Waals surface area contributed by atoms with Gasteiger partial charge >= 0.3 is 5.97 Å². The van der Waals surface area contributed by atoms with Crippen LogP contribution in [0.5, 0.6) is 0 Å². The summed E-state index contributed by atoms with van der Waals surface area (Å²) < 4.78 is 4.58. The molecule has 0 saturated carbocycles. The predicted octanol–water partition coefficient (Wildman–Crippen LogP) is 0.214. The number of aliphatic hydroxyl groups is 1. The number of hydrogen-bond acceptors (Lipinski definition) is 4. The molecular weight excluding hydrogens is 146 g/mol. The Hall–Kier alpha value is -1.08. The van der Waals surface area contributed by atoms with Gasteiger partial charge in [0.25, 0.3) is 0 Å². The number of rotatable bonds is 4. The van der Waals surface area contributed by atoms with Crippen LogP contribution in [0.15, 0.2) is 0 Å². The molecule has 0 spiro atoms. The molecule has 0 bridgehead atoms. The fourth-order valence-corrected chi connectivity index (χ4v) is 0.552. The number of esters is 1. The molecule has 0 rings (SSSR count). The maximum atomic E-state index is 10.6. The standard InChI is InChI=1S/C7H11NO3/c1-2-11-7(10)4-3-6(9)5-8/h6,9H,2-4H2,1H3. The molecule has 4 nitrogen and oxygen atoms in total. The summed E-state index contributed by atoms with van der Waals surface area (Å²) in [6.45, 7) is 2.04. The lowest BCUT2D eigenvalue weighted by Crippen LogP contribution is -2.09. The van der Waals surface area contributed by atoms with Crippen LogP contribution in [0, 0.1) is 11.3 Å². The van der Waals surface area contributed by atoms with Gasteiger partial charge in [0.1, 0.15) is 6.10 Å². The van der Waals surface area contributed by atoms with Crippen molar-refractivity contribution >= 4 is 5.97 Å². The van der Waals surface area contributed by atoms with E-state index in [0.717, 1.165) is 0 Å². The summed E-state index contributed by atoms with van der Waals surface area (Å²) in [7, 11) is 0. The Morgan fingerprint density at radius 3 is 2.91 bits per heavy atom. The van der Waals surface area contributed by atoms with Crippen LogP contribution in [-0.4, -0.2) is 23.8 Å². The molecule has 0 fully saturated rings. The van der Waals surface area contributed by atoms with Gasteiger partial charge in [0.05, 0.1) is 12.7 Å². The van der Waals surface area contributed by atoms with Crippen LogP contribution in [0.2, 0.25) is 0 Å². The van der Waals surface area contributed by atoms with Gasteiger partial charge in [-0.2, -0.15) is 5.26 Å². The number of nitriles is 1. The second kappa shape index (κ2) is 5.69. The topological polar surface area (TPSA) is 70.3 Å². The molecule has 11 heavy (non-hydrogen) atoms. The molecule has 0 amide bonds. The largest absolute Gasteiger partial charge is 0.466 e. The van der Waals surface area contributed by atoms with E-state index in [1.807, 2.05) is 0 Å². The number of aliphatic hydroxyl groups excluding tert-OH is 1. The molecular formula is C7H11NO3. The first-order valence-corrected chi connectivity index (χ1v) is 3.44. The van der Waals surface area contributed by atoms with Crippen molar-refractivity contribution in [1.29, 1.82) is 5.26 Å². The van der Waals surface area contributed by atoms with Crippen molar-refractivity contribution in [2.24, 2.45) is 0 Å². The average Bonchev–Trinajstić information content (AvgIpc) is 2.01. The van der Waals surface area contributed by atoms with Crippen LogP contribution in [0.1, 0.15) is 19.8 Å². The van der Waals surface area contributed by atoms with Gasteiger partial charge in [-0.05, 0) is 13.3 Å². The molecule has 4 heteroatoms. The van der Waals surface area contributed by atoms with E-state index in [2.05, 4.69) is 4.74 Å². The van der Waals surface area contributed by atoms with Crippen molar-refractivity contribution in [1.82, 2.24) is 0 Å². The van der Waals surface area contributed by atoms with E-state index < -0.39 is 6.10 Å². The van der Waals surface area contributed by atoms with E-state index in [0.29, 0.717) is 6.61 Å². The normalized spacial score (nSPS) is 11.7. The van der Waals surface area contributed by atoms with Crippen molar-refractivity contribution in [3.63, 3.8) is 0 Å². The summed E-state index contributed by atoms with van der Waals surface area (Å²) in [4.78, 5) is 10.6. The van der Waals surface area contributed by atoms with Crippen LogP contribution >= 0.6 is 0 Å². The molecule has 0 aliphatic carbocycles. The summed E-state index contributed by atoms with van der Waals surface area (Å²) in [6.07, 6.45) is -0.808. The zero-order valence-corrected chi connectivity index (χ0v) is 6.41. The van der Waals surface area contributed by atoms with E-state index >= 15 is 0 Å². The van der Waals surface area contributed by atoms with Gasteiger partial charge < -0.3 is 9.84 Å². The smallest absolute Gasteiger partial charge is 0.305 e. The van der Waals surface area contributed by atoms with Crippen molar-refractivity contribution in [3.05, 3.63) is 0 Å². The highest BCUT2D eigenvalue weighted by molar-refractivity contribution is 5.69. The molecule has 0 heterocycles. The number of ether oxygens (including phenoxy) is 1. The Morgan fingerprint density at radius 2 is 2.45 bits per heavy atom. The molecule has 1 atom stereocenters. The van der Waals surface area contributed by atoms with Gasteiger partial charge in [0.15, 0.2) is 0 Å². The maximum Gasteiger partial charge on any atom is 0.305 e. The highest BCUT2D eigenvalue weighted by Gasteiger charge is 2.06. The van der Waals surface area contributed by atoms with E-state index in [9.17, 15) is 4.79 Å². The average molecular weight is 157 g/mol. The third kappa shape index (κ3) is 5.37. The zero-order chi connectivity index (χ0) is 8.69. The van der Waals surface area contributed by atoms with Gasteiger partial charge in [-0.15, -0.1) is 0 Å². The summed E-state index contributed by atoms with van der Waals surface area (Å²) >= 11 is 0. The summed E-state index contributed by atoms with van der Waals surface area (Å²) in [5.41, 5.74) is 0. The Labute approximate surface area is 65.4 Å². The highest BCUT2D eigenvalue weighted by atomic mass is 16.5. The molecule has 0 saturated heterocycles. The van der Waals surface area contributed by atoms with Gasteiger partial charge in [-0.25, -0.2) is 0 Å². The molecule has 0 radical (unpaired) electrons. The van der Waals surface area contributed by atoms with Crippen LogP contribution in [0.25, 0.3) is 0 Å².